The van der Waals surface area contributed by atoms with Crippen molar-refractivity contribution in [3.05, 3.63) is 47.5 Å². The fourth-order valence-electron chi connectivity index (χ4n) is 3.34. The molecule has 124 valence electrons. The van der Waals surface area contributed by atoms with Gasteiger partial charge in [0.25, 0.3) is 5.91 Å². The minimum atomic E-state index is -0.209. The van der Waals surface area contributed by atoms with E-state index in [-0.39, 0.29) is 18.6 Å². The molecule has 7 nitrogen and oxygen atoms in total. The van der Waals surface area contributed by atoms with Gasteiger partial charge in [0.2, 0.25) is 0 Å². The Morgan fingerprint density at radius 2 is 2.29 bits per heavy atom. The molecule has 2 aromatic heterocycles. The highest BCUT2D eigenvalue weighted by Gasteiger charge is 2.26. The number of aromatic nitrogens is 4. The molecule has 1 aliphatic rings. The van der Waals surface area contributed by atoms with E-state index < -0.39 is 0 Å². The molecule has 2 heterocycles. The molecule has 1 atom stereocenters. The fourth-order valence-corrected chi connectivity index (χ4v) is 3.34. The zero-order valence-electron chi connectivity index (χ0n) is 13.2. The van der Waals surface area contributed by atoms with Crippen LogP contribution in [0.15, 0.2) is 30.5 Å². The fraction of sp³-hybridized carbons (Fsp3) is 0.353. The zero-order chi connectivity index (χ0) is 16.5. The molecule has 1 amide bonds. The number of nitrogens with zero attached hydrogens (tertiary/aromatic N) is 3. The molecule has 4 rings (SSSR count). The van der Waals surface area contributed by atoms with Gasteiger partial charge in [0, 0.05) is 11.3 Å². The Balaban J connectivity index is 1.56. The molecule has 1 aromatic carbocycles. The smallest absolute Gasteiger partial charge is 0.287 e. The first kappa shape index (κ1) is 14.9. The Morgan fingerprint density at radius 3 is 3.12 bits per heavy atom. The highest BCUT2D eigenvalue weighted by atomic mass is 16.3. The number of nitrogens with one attached hydrogen (secondary N) is 2. The number of carbonyl (C=O) groups is 1. The molecule has 7 heteroatoms. The normalized spacial score (nSPS) is 17.0. The average Bonchev–Trinajstić information content (AvgIpc) is 3.20. The summed E-state index contributed by atoms with van der Waals surface area (Å²) in [5, 5.41) is 16.5. The van der Waals surface area contributed by atoms with Gasteiger partial charge in [-0.3, -0.25) is 9.48 Å². The third kappa shape index (κ3) is 2.56. The lowest BCUT2D eigenvalue weighted by Crippen LogP contribution is -2.31. The van der Waals surface area contributed by atoms with Gasteiger partial charge in [-0.25, -0.2) is 4.98 Å². The van der Waals surface area contributed by atoms with Crippen LogP contribution in [0, 0.1) is 0 Å². The molecular formula is C17H19N5O2. The van der Waals surface area contributed by atoms with Crippen LogP contribution in [0.1, 0.15) is 40.8 Å². The largest absolute Gasteiger partial charge is 0.394 e. The Kier molecular flexibility index (Phi) is 3.78. The highest BCUT2D eigenvalue weighted by Crippen LogP contribution is 2.29. The van der Waals surface area contributed by atoms with E-state index in [1.807, 2.05) is 28.9 Å². The lowest BCUT2D eigenvalue weighted by Gasteiger charge is -2.23. The van der Waals surface area contributed by atoms with Crippen molar-refractivity contribution in [2.24, 2.45) is 0 Å². The van der Waals surface area contributed by atoms with Crippen molar-refractivity contribution in [2.45, 2.75) is 31.8 Å². The standard InChI is InChI=1S/C17H19N5O2/c23-9-8-22-15-7-3-6-12(11(15)10-18-22)21-17(24)16-19-13-4-1-2-5-14(13)20-16/h1-2,4-5,10,12,23H,3,6-9H2,(H,19,20)(H,21,24). The highest BCUT2D eigenvalue weighted by molar-refractivity contribution is 5.94. The first-order chi connectivity index (χ1) is 11.8. The molecule has 24 heavy (non-hydrogen) atoms. The van der Waals surface area contributed by atoms with Crippen LogP contribution in [0.3, 0.4) is 0 Å². The molecule has 0 radical (unpaired) electrons. The van der Waals surface area contributed by atoms with Gasteiger partial charge < -0.3 is 15.4 Å². The Bertz CT molecular complexity index is 849. The second-order valence-electron chi connectivity index (χ2n) is 6.01. The summed E-state index contributed by atoms with van der Waals surface area (Å²) in [6.45, 7) is 0.545. The number of amides is 1. The minimum absolute atomic E-state index is 0.0597. The Morgan fingerprint density at radius 1 is 1.42 bits per heavy atom. The first-order valence-electron chi connectivity index (χ1n) is 8.17. The van der Waals surface area contributed by atoms with E-state index in [4.69, 9.17) is 5.11 Å². The SMILES string of the molecule is O=C(NC1CCCc2c1cnn2CCO)c1nc2ccccc2[nH]1. The van der Waals surface area contributed by atoms with Crippen molar-refractivity contribution in [1.29, 1.82) is 0 Å². The number of aliphatic hydroxyl groups excluding tert-OH is 1. The molecule has 3 N–H and O–H groups in total. The van der Waals surface area contributed by atoms with Crippen molar-refractivity contribution < 1.29 is 9.90 Å². The maximum absolute atomic E-state index is 12.6. The summed E-state index contributed by atoms with van der Waals surface area (Å²) < 4.78 is 1.83. The predicted octanol–water partition coefficient (Wildman–Crippen LogP) is 1.56. The lowest BCUT2D eigenvalue weighted by atomic mass is 9.93. The molecule has 0 aliphatic heterocycles. The van der Waals surface area contributed by atoms with Gasteiger partial charge in [0.1, 0.15) is 0 Å². The molecule has 1 aliphatic carbocycles. The van der Waals surface area contributed by atoms with E-state index in [0.29, 0.717) is 12.4 Å². The molecule has 0 saturated heterocycles. The molecular weight excluding hydrogens is 306 g/mol. The van der Waals surface area contributed by atoms with Crippen LogP contribution in [0.4, 0.5) is 0 Å². The molecule has 1 unspecified atom stereocenters. The molecule has 0 spiro atoms. The van der Waals surface area contributed by atoms with Crippen LogP contribution in [0.25, 0.3) is 11.0 Å². The summed E-state index contributed by atoms with van der Waals surface area (Å²) in [6.07, 6.45) is 4.58. The number of para-hydroxylation sites is 2. The summed E-state index contributed by atoms with van der Waals surface area (Å²) in [6, 6.07) is 7.51. The number of fused-ring (bicyclic) bond motifs is 2. The topological polar surface area (TPSA) is 95.8 Å². The number of hydrogen-bond donors (Lipinski definition) is 3. The van der Waals surface area contributed by atoms with Crippen molar-refractivity contribution >= 4 is 16.9 Å². The molecule has 0 fully saturated rings. The van der Waals surface area contributed by atoms with E-state index in [1.54, 1.807) is 6.20 Å². The number of hydrogen-bond acceptors (Lipinski definition) is 4. The number of benzene rings is 1. The van der Waals surface area contributed by atoms with Crippen LogP contribution < -0.4 is 5.32 Å². The number of rotatable bonds is 4. The van der Waals surface area contributed by atoms with Crippen LogP contribution in [-0.4, -0.2) is 37.4 Å². The summed E-state index contributed by atoms with van der Waals surface area (Å²) in [7, 11) is 0. The van der Waals surface area contributed by atoms with E-state index in [9.17, 15) is 4.79 Å². The Hall–Kier alpha value is -2.67. The van der Waals surface area contributed by atoms with E-state index in [2.05, 4.69) is 20.4 Å². The van der Waals surface area contributed by atoms with E-state index in [0.717, 1.165) is 41.6 Å². The number of carbonyl (C=O) groups excluding carboxylic acids is 1. The van der Waals surface area contributed by atoms with Crippen molar-refractivity contribution in [2.75, 3.05) is 6.61 Å². The maximum atomic E-state index is 12.6. The van der Waals surface area contributed by atoms with Gasteiger partial charge in [-0.1, -0.05) is 12.1 Å². The number of H-pyrrole nitrogens is 1. The van der Waals surface area contributed by atoms with Gasteiger partial charge in [0.15, 0.2) is 5.82 Å². The van der Waals surface area contributed by atoms with Crippen LogP contribution in [0.2, 0.25) is 0 Å². The van der Waals surface area contributed by atoms with Crippen molar-refractivity contribution in [1.82, 2.24) is 25.1 Å². The van der Waals surface area contributed by atoms with Gasteiger partial charge in [-0.2, -0.15) is 5.10 Å². The average molecular weight is 325 g/mol. The summed E-state index contributed by atoms with van der Waals surface area (Å²) in [4.78, 5) is 20.0. The minimum Gasteiger partial charge on any atom is -0.394 e. The van der Waals surface area contributed by atoms with Crippen molar-refractivity contribution in [3.8, 4) is 0 Å². The summed E-state index contributed by atoms with van der Waals surface area (Å²) >= 11 is 0. The van der Waals surface area contributed by atoms with Crippen LogP contribution in [0.5, 0.6) is 0 Å². The predicted molar refractivity (Wildman–Crippen MR) is 88.6 cm³/mol. The third-order valence-corrected chi connectivity index (χ3v) is 4.48. The second-order valence-corrected chi connectivity index (χ2v) is 6.01. The van der Waals surface area contributed by atoms with E-state index in [1.165, 1.54) is 0 Å². The van der Waals surface area contributed by atoms with Crippen molar-refractivity contribution in [3.63, 3.8) is 0 Å². The van der Waals surface area contributed by atoms with Gasteiger partial charge in [0.05, 0.1) is 36.4 Å². The quantitative estimate of drug-likeness (QED) is 0.678. The number of imidazole rings is 1. The van der Waals surface area contributed by atoms with Crippen LogP contribution >= 0.6 is 0 Å². The van der Waals surface area contributed by atoms with E-state index >= 15 is 0 Å². The first-order valence-corrected chi connectivity index (χ1v) is 8.17. The monoisotopic (exact) mass is 325 g/mol. The maximum Gasteiger partial charge on any atom is 0.287 e. The van der Waals surface area contributed by atoms with Gasteiger partial charge in [-0.05, 0) is 31.4 Å². The Labute approximate surface area is 138 Å². The number of aliphatic hydroxyl groups is 1. The molecule has 3 aromatic rings. The van der Waals surface area contributed by atoms with Gasteiger partial charge >= 0.3 is 0 Å². The third-order valence-electron chi connectivity index (χ3n) is 4.48. The lowest BCUT2D eigenvalue weighted by molar-refractivity contribution is 0.0923. The van der Waals surface area contributed by atoms with Gasteiger partial charge in [-0.15, -0.1) is 0 Å². The van der Waals surface area contributed by atoms with Crippen LogP contribution in [-0.2, 0) is 13.0 Å². The zero-order valence-corrected chi connectivity index (χ0v) is 13.2. The summed E-state index contributed by atoms with van der Waals surface area (Å²) in [5.41, 5.74) is 3.77. The number of aromatic amines is 1. The molecule has 0 saturated carbocycles. The summed E-state index contributed by atoms with van der Waals surface area (Å²) in [5.74, 6) is 0.116. The molecule has 0 bridgehead atoms. The second kappa shape index (κ2) is 6.09.